The van der Waals surface area contributed by atoms with Crippen molar-refractivity contribution < 1.29 is 9.90 Å². The van der Waals surface area contributed by atoms with E-state index in [-0.39, 0.29) is 18.1 Å². The molecule has 1 aromatic rings. The Kier molecular flexibility index (Phi) is 5.54. The van der Waals surface area contributed by atoms with Crippen LogP contribution >= 0.6 is 0 Å². The third-order valence-corrected chi connectivity index (χ3v) is 5.29. The number of aliphatic hydroxyl groups is 1. The lowest BCUT2D eigenvalue weighted by molar-refractivity contribution is -0.140. The summed E-state index contributed by atoms with van der Waals surface area (Å²) in [5.41, 5.74) is 2.28. The van der Waals surface area contributed by atoms with Gasteiger partial charge >= 0.3 is 0 Å². The summed E-state index contributed by atoms with van der Waals surface area (Å²) < 4.78 is 0. The number of likely N-dealkylation sites (tertiary alicyclic amines) is 1. The van der Waals surface area contributed by atoms with Crippen molar-refractivity contribution in [3.05, 3.63) is 35.4 Å². The van der Waals surface area contributed by atoms with Gasteiger partial charge in [0.2, 0.25) is 5.91 Å². The first-order valence-corrected chi connectivity index (χ1v) is 9.06. The fourth-order valence-electron chi connectivity index (χ4n) is 3.72. The Morgan fingerprint density at radius 3 is 2.50 bits per heavy atom. The maximum Gasteiger partial charge on any atom is 0.244 e. The van der Waals surface area contributed by atoms with Gasteiger partial charge in [-0.05, 0) is 32.3 Å². The zero-order chi connectivity index (χ0) is 17.1. The zero-order valence-corrected chi connectivity index (χ0v) is 14.7. The van der Waals surface area contributed by atoms with E-state index in [2.05, 4.69) is 48.3 Å². The quantitative estimate of drug-likeness (QED) is 0.877. The smallest absolute Gasteiger partial charge is 0.244 e. The Morgan fingerprint density at radius 1 is 1.21 bits per heavy atom. The molecule has 1 amide bonds. The lowest BCUT2D eigenvalue weighted by atomic mass is 9.98. The highest BCUT2D eigenvalue weighted by molar-refractivity contribution is 5.83. The molecule has 2 aliphatic heterocycles. The number of carbonyl (C=O) groups excluding carboxylic acids is 1. The largest absolute Gasteiger partial charge is 0.393 e. The monoisotopic (exact) mass is 331 g/mol. The van der Waals surface area contributed by atoms with Crippen LogP contribution < -0.4 is 5.32 Å². The molecule has 1 aromatic carbocycles. The van der Waals surface area contributed by atoms with Gasteiger partial charge in [-0.2, -0.15) is 0 Å². The first kappa shape index (κ1) is 17.4. The Hall–Kier alpha value is -1.43. The highest BCUT2D eigenvalue weighted by Crippen LogP contribution is 2.28. The van der Waals surface area contributed by atoms with E-state index < -0.39 is 0 Å². The van der Waals surface area contributed by atoms with E-state index in [9.17, 15) is 9.90 Å². The number of hydrogen-bond acceptors (Lipinski definition) is 4. The van der Waals surface area contributed by atoms with E-state index in [0.29, 0.717) is 32.0 Å². The van der Waals surface area contributed by atoms with Gasteiger partial charge in [-0.3, -0.25) is 9.69 Å². The number of aliphatic hydroxyl groups excluding tert-OH is 1. The molecule has 2 fully saturated rings. The van der Waals surface area contributed by atoms with Crippen LogP contribution in [0.5, 0.6) is 0 Å². The third kappa shape index (κ3) is 3.79. The van der Waals surface area contributed by atoms with Crippen molar-refractivity contribution in [2.75, 3.05) is 32.7 Å². The van der Waals surface area contributed by atoms with Crippen molar-refractivity contribution in [3.8, 4) is 0 Å². The highest BCUT2D eigenvalue weighted by atomic mass is 16.3. The fourth-order valence-corrected chi connectivity index (χ4v) is 3.72. The molecule has 0 saturated carbocycles. The summed E-state index contributed by atoms with van der Waals surface area (Å²) >= 11 is 0. The van der Waals surface area contributed by atoms with Crippen LogP contribution in [0, 0.1) is 6.92 Å². The minimum atomic E-state index is -0.259. The van der Waals surface area contributed by atoms with Gasteiger partial charge in [-0.15, -0.1) is 0 Å². The maximum atomic E-state index is 13.3. The van der Waals surface area contributed by atoms with Crippen molar-refractivity contribution in [2.45, 2.75) is 44.9 Å². The van der Waals surface area contributed by atoms with E-state index in [1.54, 1.807) is 0 Å². The molecule has 2 aliphatic rings. The second-order valence-corrected chi connectivity index (χ2v) is 7.16. The molecule has 132 valence electrons. The van der Waals surface area contributed by atoms with Gasteiger partial charge in [-0.25, -0.2) is 0 Å². The van der Waals surface area contributed by atoms with Crippen LogP contribution in [0.4, 0.5) is 0 Å². The molecule has 2 N–H and O–H groups in total. The lowest BCUT2D eigenvalue weighted by Gasteiger charge is -2.42. The molecule has 5 nitrogen and oxygen atoms in total. The number of piperidine rings is 1. The van der Waals surface area contributed by atoms with Gasteiger partial charge in [0.15, 0.2) is 0 Å². The average Bonchev–Trinajstić information content (AvgIpc) is 2.59. The number of nitrogens with one attached hydrogen (secondary N) is 1. The normalized spacial score (nSPS) is 24.8. The van der Waals surface area contributed by atoms with E-state index >= 15 is 0 Å². The van der Waals surface area contributed by atoms with Crippen LogP contribution in [0.15, 0.2) is 24.3 Å². The van der Waals surface area contributed by atoms with Crippen molar-refractivity contribution in [3.63, 3.8) is 0 Å². The number of rotatable bonds is 3. The number of piperazine rings is 1. The summed E-state index contributed by atoms with van der Waals surface area (Å²) in [6.45, 7) is 8.27. The summed E-state index contributed by atoms with van der Waals surface area (Å²) in [6.07, 6.45) is 1.11. The Bertz CT molecular complexity index is 552. The molecular formula is C19H29N3O2. The van der Waals surface area contributed by atoms with Crippen molar-refractivity contribution in [2.24, 2.45) is 0 Å². The maximum absolute atomic E-state index is 13.3. The van der Waals surface area contributed by atoms with E-state index in [1.165, 1.54) is 5.56 Å². The SMILES string of the molecule is Cc1ccc(C(C(=O)N2CCC(O)CC2)N2CCNCC2C)cc1. The van der Waals surface area contributed by atoms with Crippen molar-refractivity contribution in [1.29, 1.82) is 0 Å². The fraction of sp³-hybridized carbons (Fsp3) is 0.632. The minimum Gasteiger partial charge on any atom is -0.393 e. The summed E-state index contributed by atoms with van der Waals surface area (Å²) in [6, 6.07) is 8.45. The number of carbonyl (C=O) groups is 1. The van der Waals surface area contributed by atoms with Gasteiger partial charge in [0.05, 0.1) is 6.10 Å². The van der Waals surface area contributed by atoms with Gasteiger partial charge < -0.3 is 15.3 Å². The Morgan fingerprint density at radius 2 is 1.88 bits per heavy atom. The Balaban J connectivity index is 1.86. The summed E-state index contributed by atoms with van der Waals surface area (Å²) in [7, 11) is 0. The molecule has 0 radical (unpaired) electrons. The molecule has 2 heterocycles. The van der Waals surface area contributed by atoms with Gasteiger partial charge in [-0.1, -0.05) is 29.8 Å². The zero-order valence-electron chi connectivity index (χ0n) is 14.7. The van der Waals surface area contributed by atoms with Crippen LogP contribution in [0.1, 0.15) is 36.9 Å². The van der Waals surface area contributed by atoms with Crippen LogP contribution in [-0.2, 0) is 4.79 Å². The average molecular weight is 331 g/mol. The van der Waals surface area contributed by atoms with Crippen molar-refractivity contribution >= 4 is 5.91 Å². The first-order valence-electron chi connectivity index (χ1n) is 9.06. The van der Waals surface area contributed by atoms with Gasteiger partial charge in [0.1, 0.15) is 6.04 Å². The molecule has 0 bridgehead atoms. The van der Waals surface area contributed by atoms with Crippen LogP contribution in [-0.4, -0.2) is 65.7 Å². The first-order chi connectivity index (χ1) is 11.6. The van der Waals surface area contributed by atoms with Gasteiger partial charge in [0, 0.05) is 38.8 Å². The van der Waals surface area contributed by atoms with Gasteiger partial charge in [0.25, 0.3) is 0 Å². The predicted molar refractivity (Wildman–Crippen MR) is 94.8 cm³/mol. The molecule has 24 heavy (non-hydrogen) atoms. The second-order valence-electron chi connectivity index (χ2n) is 7.16. The minimum absolute atomic E-state index is 0.180. The van der Waals surface area contributed by atoms with Crippen LogP contribution in [0.2, 0.25) is 0 Å². The molecule has 2 unspecified atom stereocenters. The second kappa shape index (κ2) is 7.64. The molecule has 0 aliphatic carbocycles. The summed E-state index contributed by atoms with van der Waals surface area (Å²) in [5.74, 6) is 0.180. The molecule has 0 aromatic heterocycles. The molecular weight excluding hydrogens is 302 g/mol. The standard InChI is InChI=1S/C19H29N3O2/c1-14-3-5-16(6-4-14)18(22-12-9-20-13-15(22)2)19(24)21-10-7-17(23)8-11-21/h3-6,15,17-18,20,23H,7-13H2,1-2H3. The third-order valence-electron chi connectivity index (χ3n) is 5.29. The number of benzene rings is 1. The Labute approximate surface area is 144 Å². The molecule has 3 rings (SSSR count). The molecule has 2 atom stereocenters. The van der Waals surface area contributed by atoms with Crippen LogP contribution in [0.3, 0.4) is 0 Å². The number of aryl methyl sites for hydroxylation is 1. The van der Waals surface area contributed by atoms with E-state index in [0.717, 1.165) is 25.2 Å². The lowest BCUT2D eigenvalue weighted by Crippen LogP contribution is -2.55. The molecule has 2 saturated heterocycles. The van der Waals surface area contributed by atoms with Crippen molar-refractivity contribution in [1.82, 2.24) is 15.1 Å². The molecule has 0 spiro atoms. The number of amides is 1. The van der Waals surface area contributed by atoms with E-state index in [1.807, 2.05) is 4.90 Å². The number of nitrogens with zero attached hydrogens (tertiary/aromatic N) is 2. The topological polar surface area (TPSA) is 55.8 Å². The predicted octanol–water partition coefficient (Wildman–Crippen LogP) is 1.31. The highest BCUT2D eigenvalue weighted by Gasteiger charge is 2.36. The number of hydrogen-bond donors (Lipinski definition) is 2. The summed E-state index contributed by atoms with van der Waals surface area (Å²) in [5, 5.41) is 13.1. The summed E-state index contributed by atoms with van der Waals surface area (Å²) in [4.78, 5) is 17.6. The van der Waals surface area contributed by atoms with Crippen LogP contribution in [0.25, 0.3) is 0 Å². The van der Waals surface area contributed by atoms with E-state index in [4.69, 9.17) is 0 Å². The molecule has 5 heteroatoms.